The maximum absolute atomic E-state index is 12.2. The molecule has 0 atom stereocenters. The first kappa shape index (κ1) is 15.8. The predicted molar refractivity (Wildman–Crippen MR) is 89.6 cm³/mol. The Kier molecular flexibility index (Phi) is 4.61. The van der Waals surface area contributed by atoms with Crippen LogP contribution in [0, 0.1) is 13.8 Å². The minimum Gasteiger partial charge on any atom is -0.378 e. The molecular formula is C18H20N2O2. The van der Waals surface area contributed by atoms with Gasteiger partial charge >= 0.3 is 0 Å². The van der Waals surface area contributed by atoms with E-state index in [1.165, 1.54) is 0 Å². The Morgan fingerprint density at radius 2 is 1.45 bits per heavy atom. The van der Waals surface area contributed by atoms with Gasteiger partial charge in [0.15, 0.2) is 0 Å². The molecule has 0 heterocycles. The molecule has 0 bridgehead atoms. The second-order valence-electron chi connectivity index (χ2n) is 5.49. The molecule has 0 radical (unpaired) electrons. The highest BCUT2D eigenvalue weighted by atomic mass is 16.2. The molecule has 0 aromatic heterocycles. The molecule has 1 N–H and O–H groups in total. The van der Waals surface area contributed by atoms with Crippen LogP contribution in [0.2, 0.25) is 0 Å². The third-order valence-electron chi connectivity index (χ3n) is 3.57. The molecule has 2 aromatic carbocycles. The number of nitrogens with zero attached hydrogens (tertiary/aromatic N) is 1. The molecule has 2 aromatic rings. The smallest absolute Gasteiger partial charge is 0.296 e. The van der Waals surface area contributed by atoms with E-state index in [0.717, 1.165) is 16.8 Å². The molecule has 0 aliphatic heterocycles. The Morgan fingerprint density at radius 1 is 0.909 bits per heavy atom. The fourth-order valence-electron chi connectivity index (χ4n) is 2.22. The van der Waals surface area contributed by atoms with Crippen LogP contribution in [0.1, 0.15) is 21.5 Å². The van der Waals surface area contributed by atoms with Gasteiger partial charge in [0, 0.05) is 31.0 Å². The van der Waals surface area contributed by atoms with Crippen molar-refractivity contribution in [3.8, 4) is 0 Å². The van der Waals surface area contributed by atoms with Gasteiger partial charge in [0.2, 0.25) is 0 Å². The molecule has 0 saturated heterocycles. The Balaban J connectivity index is 2.17. The van der Waals surface area contributed by atoms with Gasteiger partial charge in [-0.05, 0) is 49.2 Å². The van der Waals surface area contributed by atoms with Crippen molar-refractivity contribution in [2.45, 2.75) is 13.8 Å². The van der Waals surface area contributed by atoms with Crippen molar-refractivity contribution in [3.63, 3.8) is 0 Å². The van der Waals surface area contributed by atoms with Gasteiger partial charge in [-0.15, -0.1) is 0 Å². The summed E-state index contributed by atoms with van der Waals surface area (Å²) in [5.41, 5.74) is 3.93. The number of ketones is 1. The monoisotopic (exact) mass is 296 g/mol. The second-order valence-corrected chi connectivity index (χ2v) is 5.49. The van der Waals surface area contributed by atoms with E-state index >= 15 is 0 Å². The molecule has 4 nitrogen and oxygen atoms in total. The number of anilines is 2. The molecule has 0 unspecified atom stereocenters. The largest absolute Gasteiger partial charge is 0.378 e. The standard InChI is InChI=1S/C18H20N2O2/c1-12-6-5-7-13(2)16(12)19-18(22)17(21)14-8-10-15(11-9-14)20(3)4/h5-11H,1-4H3,(H,19,22). The summed E-state index contributed by atoms with van der Waals surface area (Å²) in [5.74, 6) is -1.15. The summed E-state index contributed by atoms with van der Waals surface area (Å²) in [4.78, 5) is 26.3. The number of benzene rings is 2. The molecule has 0 saturated carbocycles. The summed E-state index contributed by atoms with van der Waals surface area (Å²) < 4.78 is 0. The van der Waals surface area contributed by atoms with Crippen molar-refractivity contribution in [2.75, 3.05) is 24.3 Å². The second kappa shape index (κ2) is 6.43. The lowest BCUT2D eigenvalue weighted by molar-refractivity contribution is -0.112. The van der Waals surface area contributed by atoms with Crippen molar-refractivity contribution in [1.29, 1.82) is 0 Å². The summed E-state index contributed by atoms with van der Waals surface area (Å²) in [6.45, 7) is 3.80. The third-order valence-corrected chi connectivity index (χ3v) is 3.57. The van der Waals surface area contributed by atoms with E-state index in [1.54, 1.807) is 12.1 Å². The van der Waals surface area contributed by atoms with Crippen molar-refractivity contribution >= 4 is 23.1 Å². The molecule has 22 heavy (non-hydrogen) atoms. The molecule has 0 aliphatic carbocycles. The van der Waals surface area contributed by atoms with E-state index in [1.807, 2.05) is 63.2 Å². The Morgan fingerprint density at radius 3 is 1.95 bits per heavy atom. The topological polar surface area (TPSA) is 49.4 Å². The van der Waals surface area contributed by atoms with Crippen LogP contribution in [-0.2, 0) is 4.79 Å². The lowest BCUT2D eigenvalue weighted by Gasteiger charge is -2.13. The molecule has 1 amide bonds. The van der Waals surface area contributed by atoms with Crippen LogP contribution in [0.15, 0.2) is 42.5 Å². The van der Waals surface area contributed by atoms with Crippen LogP contribution >= 0.6 is 0 Å². The highest BCUT2D eigenvalue weighted by Crippen LogP contribution is 2.20. The number of hydrogen-bond acceptors (Lipinski definition) is 3. The van der Waals surface area contributed by atoms with Crippen molar-refractivity contribution in [3.05, 3.63) is 59.2 Å². The zero-order valence-electron chi connectivity index (χ0n) is 13.3. The summed E-state index contributed by atoms with van der Waals surface area (Å²) >= 11 is 0. The normalized spacial score (nSPS) is 10.2. The minimum atomic E-state index is -0.616. The first-order chi connectivity index (χ1) is 10.4. The van der Waals surface area contributed by atoms with E-state index in [0.29, 0.717) is 11.3 Å². The first-order valence-corrected chi connectivity index (χ1v) is 7.09. The Labute approximate surface area is 130 Å². The van der Waals surface area contributed by atoms with Gasteiger partial charge < -0.3 is 10.2 Å². The molecule has 114 valence electrons. The summed E-state index contributed by atoms with van der Waals surface area (Å²) in [6.07, 6.45) is 0. The van der Waals surface area contributed by atoms with Gasteiger partial charge in [-0.2, -0.15) is 0 Å². The van der Waals surface area contributed by atoms with E-state index < -0.39 is 11.7 Å². The van der Waals surface area contributed by atoms with Crippen LogP contribution in [0.25, 0.3) is 0 Å². The number of carbonyl (C=O) groups is 2. The molecule has 0 spiro atoms. The average molecular weight is 296 g/mol. The van der Waals surface area contributed by atoms with Crippen molar-refractivity contribution in [2.24, 2.45) is 0 Å². The van der Waals surface area contributed by atoms with Gasteiger partial charge in [0.05, 0.1) is 0 Å². The third kappa shape index (κ3) is 3.34. The Bertz CT molecular complexity index is 683. The van der Waals surface area contributed by atoms with E-state index in [9.17, 15) is 9.59 Å². The SMILES string of the molecule is Cc1cccc(C)c1NC(=O)C(=O)c1ccc(N(C)C)cc1. The number of amides is 1. The average Bonchev–Trinajstić information content (AvgIpc) is 2.50. The van der Waals surface area contributed by atoms with Crippen molar-refractivity contribution in [1.82, 2.24) is 0 Å². The summed E-state index contributed by atoms with van der Waals surface area (Å²) in [6, 6.07) is 12.7. The fourth-order valence-corrected chi connectivity index (χ4v) is 2.22. The number of nitrogens with one attached hydrogen (secondary N) is 1. The van der Waals surface area contributed by atoms with Gasteiger partial charge in [-0.3, -0.25) is 9.59 Å². The van der Waals surface area contributed by atoms with E-state index in [-0.39, 0.29) is 0 Å². The summed E-state index contributed by atoms with van der Waals surface area (Å²) in [5, 5.41) is 2.72. The predicted octanol–water partition coefficient (Wildman–Crippen LogP) is 3.19. The van der Waals surface area contributed by atoms with Crippen LogP contribution < -0.4 is 10.2 Å². The maximum Gasteiger partial charge on any atom is 0.296 e. The molecule has 0 aliphatic rings. The van der Waals surface area contributed by atoms with Gasteiger partial charge in [-0.25, -0.2) is 0 Å². The molecule has 0 fully saturated rings. The number of Topliss-reactive ketones (excluding diaryl/α,β-unsaturated/α-hetero) is 1. The number of para-hydroxylation sites is 1. The Hall–Kier alpha value is -2.62. The zero-order valence-corrected chi connectivity index (χ0v) is 13.3. The number of rotatable bonds is 4. The lowest BCUT2D eigenvalue weighted by Crippen LogP contribution is -2.23. The quantitative estimate of drug-likeness (QED) is 0.696. The minimum absolute atomic E-state index is 0.384. The molecule has 4 heteroatoms. The number of carbonyl (C=O) groups excluding carboxylic acids is 2. The summed E-state index contributed by atoms with van der Waals surface area (Å²) in [7, 11) is 3.84. The first-order valence-electron chi connectivity index (χ1n) is 7.09. The zero-order chi connectivity index (χ0) is 16.3. The van der Waals surface area contributed by atoms with Crippen LogP contribution in [-0.4, -0.2) is 25.8 Å². The lowest BCUT2D eigenvalue weighted by atomic mass is 10.1. The van der Waals surface area contributed by atoms with Gasteiger partial charge in [-0.1, -0.05) is 18.2 Å². The van der Waals surface area contributed by atoms with E-state index in [4.69, 9.17) is 0 Å². The van der Waals surface area contributed by atoms with E-state index in [2.05, 4.69) is 5.32 Å². The van der Waals surface area contributed by atoms with Gasteiger partial charge in [0.1, 0.15) is 0 Å². The van der Waals surface area contributed by atoms with Crippen molar-refractivity contribution < 1.29 is 9.59 Å². The van der Waals surface area contributed by atoms with Crippen LogP contribution in [0.3, 0.4) is 0 Å². The maximum atomic E-state index is 12.2. The highest BCUT2D eigenvalue weighted by molar-refractivity contribution is 6.46. The highest BCUT2D eigenvalue weighted by Gasteiger charge is 2.17. The number of aryl methyl sites for hydroxylation is 2. The fraction of sp³-hybridized carbons (Fsp3) is 0.222. The van der Waals surface area contributed by atoms with Crippen LogP contribution in [0.5, 0.6) is 0 Å². The molecule has 2 rings (SSSR count). The van der Waals surface area contributed by atoms with Crippen LogP contribution in [0.4, 0.5) is 11.4 Å². The number of hydrogen-bond donors (Lipinski definition) is 1. The molecular weight excluding hydrogens is 276 g/mol. The van der Waals surface area contributed by atoms with Gasteiger partial charge in [0.25, 0.3) is 11.7 Å².